The molecular formula is C14H18F3N5O. The number of nitrogens with one attached hydrogen (secondary N) is 1. The van der Waals surface area contributed by atoms with Crippen LogP contribution >= 0.6 is 0 Å². The van der Waals surface area contributed by atoms with E-state index in [4.69, 9.17) is 4.74 Å². The zero-order valence-electron chi connectivity index (χ0n) is 13.1. The van der Waals surface area contributed by atoms with E-state index in [9.17, 15) is 13.2 Å². The van der Waals surface area contributed by atoms with Crippen molar-refractivity contribution in [3.8, 4) is 0 Å². The maximum atomic E-state index is 13.2. The summed E-state index contributed by atoms with van der Waals surface area (Å²) in [6.45, 7) is 0.217. The molecule has 1 N–H and O–H groups in total. The molecule has 0 amide bonds. The van der Waals surface area contributed by atoms with E-state index < -0.39 is 11.7 Å². The van der Waals surface area contributed by atoms with Crippen LogP contribution in [0.1, 0.15) is 11.1 Å². The van der Waals surface area contributed by atoms with Crippen molar-refractivity contribution in [2.75, 3.05) is 31.4 Å². The summed E-state index contributed by atoms with van der Waals surface area (Å²) in [6.07, 6.45) is -2.86. The van der Waals surface area contributed by atoms with Crippen LogP contribution in [0.25, 0.3) is 0 Å². The van der Waals surface area contributed by atoms with E-state index in [1.807, 2.05) is 0 Å². The van der Waals surface area contributed by atoms with Gasteiger partial charge in [-0.15, -0.1) is 5.10 Å². The molecule has 0 aliphatic heterocycles. The molecule has 0 radical (unpaired) electrons. The average molecular weight is 329 g/mol. The summed E-state index contributed by atoms with van der Waals surface area (Å²) in [4.78, 5) is 1.63. The molecule has 0 aliphatic carbocycles. The summed E-state index contributed by atoms with van der Waals surface area (Å²) < 4.78 is 46.0. The molecule has 6 nitrogen and oxygen atoms in total. The highest BCUT2D eigenvalue weighted by Crippen LogP contribution is 2.34. The van der Waals surface area contributed by atoms with Crippen LogP contribution in [0, 0.1) is 0 Å². The number of benzene rings is 1. The van der Waals surface area contributed by atoms with Crippen molar-refractivity contribution in [3.05, 3.63) is 35.5 Å². The number of ether oxygens (including phenoxy) is 1. The third-order valence-electron chi connectivity index (χ3n) is 3.18. The van der Waals surface area contributed by atoms with E-state index in [0.717, 1.165) is 6.07 Å². The Kier molecular flexibility index (Phi) is 5.09. The molecule has 1 aromatic heterocycles. The van der Waals surface area contributed by atoms with Gasteiger partial charge in [-0.1, -0.05) is 11.3 Å². The van der Waals surface area contributed by atoms with Gasteiger partial charge in [-0.2, -0.15) is 13.2 Å². The second-order valence-corrected chi connectivity index (χ2v) is 5.15. The summed E-state index contributed by atoms with van der Waals surface area (Å²) >= 11 is 0. The normalized spacial score (nSPS) is 11.6. The summed E-state index contributed by atoms with van der Waals surface area (Å²) in [5.74, 6) is 0.381. The first-order chi connectivity index (χ1) is 10.8. The molecule has 0 fully saturated rings. The summed E-state index contributed by atoms with van der Waals surface area (Å²) in [7, 11) is 4.90. The van der Waals surface area contributed by atoms with Crippen molar-refractivity contribution in [2.45, 2.75) is 19.5 Å². The lowest BCUT2D eigenvalue weighted by atomic mass is 10.1. The van der Waals surface area contributed by atoms with Crippen LogP contribution in [-0.2, 0) is 24.2 Å². The van der Waals surface area contributed by atoms with Gasteiger partial charge in [0.25, 0.3) is 0 Å². The molecule has 1 aromatic carbocycles. The molecule has 1 heterocycles. The smallest absolute Gasteiger partial charge is 0.378 e. The van der Waals surface area contributed by atoms with Crippen molar-refractivity contribution in [1.82, 2.24) is 15.0 Å². The number of methoxy groups -OCH3 is 1. The van der Waals surface area contributed by atoms with E-state index in [0.29, 0.717) is 11.5 Å². The predicted octanol–water partition coefficient (Wildman–Crippen LogP) is 2.58. The first-order valence-corrected chi connectivity index (χ1v) is 6.81. The zero-order valence-corrected chi connectivity index (χ0v) is 13.1. The zero-order chi connectivity index (χ0) is 17.0. The lowest BCUT2D eigenvalue weighted by Crippen LogP contribution is -2.15. The average Bonchev–Trinajstić information content (AvgIpc) is 2.92. The first kappa shape index (κ1) is 17.1. The fourth-order valence-corrected chi connectivity index (χ4v) is 2.02. The maximum Gasteiger partial charge on any atom is 0.416 e. The summed E-state index contributed by atoms with van der Waals surface area (Å²) in [5, 5.41) is 10.4. The van der Waals surface area contributed by atoms with Crippen LogP contribution in [0.4, 0.5) is 24.7 Å². The number of nitrogens with zero attached hydrogens (tertiary/aromatic N) is 4. The molecule has 0 spiro atoms. The van der Waals surface area contributed by atoms with Crippen LogP contribution < -0.4 is 10.2 Å². The standard InChI is InChI=1S/C14H18F3N5O/c1-21(2)11-5-4-10(12(6-11)14(15,16)17)7-18-13-8-22(9-23-3)20-19-13/h4-6,8,18H,7,9H2,1-3H3. The van der Waals surface area contributed by atoms with Gasteiger partial charge in [0, 0.05) is 33.4 Å². The van der Waals surface area contributed by atoms with E-state index in [1.54, 1.807) is 31.3 Å². The van der Waals surface area contributed by atoms with Gasteiger partial charge >= 0.3 is 6.18 Å². The molecule has 0 unspecified atom stereocenters. The number of aromatic nitrogens is 3. The molecule has 0 saturated carbocycles. The largest absolute Gasteiger partial charge is 0.416 e. The Morgan fingerprint density at radius 3 is 2.65 bits per heavy atom. The van der Waals surface area contributed by atoms with E-state index >= 15 is 0 Å². The number of hydrogen-bond donors (Lipinski definition) is 1. The Balaban J connectivity index is 2.18. The summed E-state index contributed by atoms with van der Waals surface area (Å²) in [6, 6.07) is 4.25. The Hall–Kier alpha value is -2.29. The van der Waals surface area contributed by atoms with E-state index in [1.165, 1.54) is 17.9 Å². The second kappa shape index (κ2) is 6.86. The molecule has 0 bridgehead atoms. The molecule has 0 aliphatic rings. The van der Waals surface area contributed by atoms with E-state index in [-0.39, 0.29) is 18.8 Å². The fourth-order valence-electron chi connectivity index (χ4n) is 2.02. The molecule has 126 valence electrons. The van der Waals surface area contributed by atoms with Crippen LogP contribution in [0.5, 0.6) is 0 Å². The Labute approximate surface area is 131 Å². The van der Waals surface area contributed by atoms with Crippen molar-refractivity contribution in [1.29, 1.82) is 0 Å². The van der Waals surface area contributed by atoms with Gasteiger partial charge in [-0.3, -0.25) is 0 Å². The fraction of sp³-hybridized carbons (Fsp3) is 0.429. The van der Waals surface area contributed by atoms with Crippen molar-refractivity contribution < 1.29 is 17.9 Å². The Morgan fingerprint density at radius 1 is 1.30 bits per heavy atom. The Bertz CT molecular complexity index is 654. The SMILES string of the molecule is COCn1cc(NCc2ccc(N(C)C)cc2C(F)(F)F)nn1. The molecule has 2 rings (SSSR count). The minimum Gasteiger partial charge on any atom is -0.378 e. The maximum absolute atomic E-state index is 13.2. The van der Waals surface area contributed by atoms with Gasteiger partial charge in [0.05, 0.1) is 11.8 Å². The van der Waals surface area contributed by atoms with Crippen molar-refractivity contribution in [2.24, 2.45) is 0 Å². The van der Waals surface area contributed by atoms with Crippen LogP contribution in [0.3, 0.4) is 0 Å². The van der Waals surface area contributed by atoms with Gasteiger partial charge in [0.1, 0.15) is 6.73 Å². The van der Waals surface area contributed by atoms with Gasteiger partial charge in [0.2, 0.25) is 0 Å². The van der Waals surface area contributed by atoms with Crippen LogP contribution in [-0.4, -0.2) is 36.2 Å². The lowest BCUT2D eigenvalue weighted by Gasteiger charge is -2.18. The Morgan fingerprint density at radius 2 is 2.04 bits per heavy atom. The van der Waals surface area contributed by atoms with Crippen molar-refractivity contribution in [3.63, 3.8) is 0 Å². The number of hydrogen-bond acceptors (Lipinski definition) is 5. The highest BCUT2D eigenvalue weighted by Gasteiger charge is 2.33. The molecular weight excluding hydrogens is 311 g/mol. The molecule has 0 atom stereocenters. The molecule has 2 aromatic rings. The van der Waals surface area contributed by atoms with Crippen LogP contribution in [0.2, 0.25) is 0 Å². The third kappa shape index (κ3) is 4.35. The quantitative estimate of drug-likeness (QED) is 0.883. The minimum absolute atomic E-state index is 0.00573. The highest BCUT2D eigenvalue weighted by atomic mass is 19.4. The van der Waals surface area contributed by atoms with Crippen LogP contribution in [0.15, 0.2) is 24.4 Å². The van der Waals surface area contributed by atoms with Crippen molar-refractivity contribution >= 4 is 11.5 Å². The van der Waals surface area contributed by atoms with Gasteiger partial charge in [-0.05, 0) is 17.7 Å². The lowest BCUT2D eigenvalue weighted by molar-refractivity contribution is -0.138. The first-order valence-electron chi connectivity index (χ1n) is 6.81. The third-order valence-corrected chi connectivity index (χ3v) is 3.18. The molecule has 0 saturated heterocycles. The topological polar surface area (TPSA) is 55.2 Å². The van der Waals surface area contributed by atoms with E-state index in [2.05, 4.69) is 15.6 Å². The summed E-state index contributed by atoms with van der Waals surface area (Å²) in [5.41, 5.74) is -0.0306. The van der Waals surface area contributed by atoms with Gasteiger partial charge < -0.3 is 15.0 Å². The number of rotatable bonds is 6. The van der Waals surface area contributed by atoms with Gasteiger partial charge in [0.15, 0.2) is 5.82 Å². The number of anilines is 2. The monoisotopic (exact) mass is 329 g/mol. The van der Waals surface area contributed by atoms with Gasteiger partial charge in [-0.25, -0.2) is 4.68 Å². The number of alkyl halides is 3. The second-order valence-electron chi connectivity index (χ2n) is 5.15. The molecule has 23 heavy (non-hydrogen) atoms. The minimum atomic E-state index is -4.42. The number of halogens is 3. The highest BCUT2D eigenvalue weighted by molar-refractivity contribution is 5.51. The molecule has 9 heteroatoms. The predicted molar refractivity (Wildman–Crippen MR) is 80.1 cm³/mol.